The third kappa shape index (κ3) is 3.74. The van der Waals surface area contributed by atoms with E-state index in [0.29, 0.717) is 5.41 Å². The van der Waals surface area contributed by atoms with Gasteiger partial charge in [-0.05, 0) is 49.9 Å². The molecule has 0 amide bonds. The number of hydrogen-bond donors (Lipinski definition) is 1. The fraction of sp³-hybridized carbons (Fsp3) is 0.625. The van der Waals surface area contributed by atoms with E-state index in [9.17, 15) is 0 Å². The van der Waals surface area contributed by atoms with E-state index in [0.717, 1.165) is 13.1 Å². The first-order valence-corrected chi connectivity index (χ1v) is 7.09. The lowest BCUT2D eigenvalue weighted by atomic mass is 9.83. The summed E-state index contributed by atoms with van der Waals surface area (Å²) in [5.41, 5.74) is 3.16. The van der Waals surface area contributed by atoms with Crippen LogP contribution in [0.25, 0.3) is 0 Å². The molecule has 2 nitrogen and oxygen atoms in total. The Kier molecular flexibility index (Phi) is 4.28. The van der Waals surface area contributed by atoms with Crippen molar-refractivity contribution in [3.05, 3.63) is 29.8 Å². The van der Waals surface area contributed by atoms with Crippen LogP contribution in [0.4, 0.5) is 5.69 Å². The standard InChI is InChI=1S/C16H26N2/c1-14-6-4-5-7-15(14)17-10-13-18-11-8-16(2,3)9-12-18/h4-7,17H,8-13H2,1-3H3. The van der Waals surface area contributed by atoms with Crippen LogP contribution in [-0.4, -0.2) is 31.1 Å². The van der Waals surface area contributed by atoms with E-state index >= 15 is 0 Å². The van der Waals surface area contributed by atoms with Gasteiger partial charge in [0.15, 0.2) is 0 Å². The van der Waals surface area contributed by atoms with Crippen molar-refractivity contribution < 1.29 is 0 Å². The van der Waals surface area contributed by atoms with E-state index in [-0.39, 0.29) is 0 Å². The SMILES string of the molecule is Cc1ccccc1NCCN1CCC(C)(C)CC1. The summed E-state index contributed by atoms with van der Waals surface area (Å²) in [6, 6.07) is 8.51. The van der Waals surface area contributed by atoms with E-state index in [4.69, 9.17) is 0 Å². The topological polar surface area (TPSA) is 15.3 Å². The lowest BCUT2D eigenvalue weighted by molar-refractivity contribution is 0.137. The second-order valence-corrected chi connectivity index (χ2v) is 6.25. The van der Waals surface area contributed by atoms with Crippen LogP contribution in [0.1, 0.15) is 32.3 Å². The minimum Gasteiger partial charge on any atom is -0.384 e. The van der Waals surface area contributed by atoms with Gasteiger partial charge in [0.25, 0.3) is 0 Å². The molecule has 0 radical (unpaired) electrons. The highest BCUT2D eigenvalue weighted by molar-refractivity contribution is 5.50. The molecule has 2 heteroatoms. The van der Waals surface area contributed by atoms with Crippen molar-refractivity contribution in [3.8, 4) is 0 Å². The lowest BCUT2D eigenvalue weighted by Gasteiger charge is -2.36. The molecular weight excluding hydrogens is 220 g/mol. The third-order valence-electron chi connectivity index (χ3n) is 4.10. The van der Waals surface area contributed by atoms with Crippen LogP contribution in [0.3, 0.4) is 0 Å². The van der Waals surface area contributed by atoms with Gasteiger partial charge in [0, 0.05) is 18.8 Å². The molecule has 1 fully saturated rings. The largest absolute Gasteiger partial charge is 0.384 e. The molecule has 0 spiro atoms. The zero-order valence-corrected chi connectivity index (χ0v) is 12.0. The predicted octanol–water partition coefficient (Wildman–Crippen LogP) is 3.53. The Morgan fingerprint density at radius 2 is 1.83 bits per heavy atom. The van der Waals surface area contributed by atoms with E-state index < -0.39 is 0 Å². The minimum absolute atomic E-state index is 0.556. The van der Waals surface area contributed by atoms with Crippen molar-refractivity contribution in [1.82, 2.24) is 4.90 Å². The molecule has 1 aromatic rings. The number of nitrogens with zero attached hydrogens (tertiary/aromatic N) is 1. The molecule has 0 unspecified atom stereocenters. The van der Waals surface area contributed by atoms with E-state index in [1.807, 2.05) is 0 Å². The van der Waals surface area contributed by atoms with Crippen molar-refractivity contribution >= 4 is 5.69 Å². The van der Waals surface area contributed by atoms with Gasteiger partial charge in [-0.2, -0.15) is 0 Å². The fourth-order valence-electron chi connectivity index (χ4n) is 2.50. The maximum absolute atomic E-state index is 3.54. The van der Waals surface area contributed by atoms with Crippen molar-refractivity contribution in [3.63, 3.8) is 0 Å². The molecule has 0 aliphatic carbocycles. The van der Waals surface area contributed by atoms with E-state index in [1.165, 1.54) is 37.2 Å². The van der Waals surface area contributed by atoms with Crippen LogP contribution in [-0.2, 0) is 0 Å². The van der Waals surface area contributed by atoms with Gasteiger partial charge in [-0.3, -0.25) is 0 Å². The average molecular weight is 246 g/mol. The van der Waals surface area contributed by atoms with Gasteiger partial charge in [0.2, 0.25) is 0 Å². The molecule has 0 saturated carbocycles. The van der Waals surface area contributed by atoms with Crippen LogP contribution in [0.5, 0.6) is 0 Å². The number of piperidine rings is 1. The highest BCUT2D eigenvalue weighted by Crippen LogP contribution is 2.29. The quantitative estimate of drug-likeness (QED) is 0.874. The Morgan fingerprint density at radius 3 is 2.50 bits per heavy atom. The summed E-state index contributed by atoms with van der Waals surface area (Å²) < 4.78 is 0. The van der Waals surface area contributed by atoms with Crippen LogP contribution >= 0.6 is 0 Å². The Morgan fingerprint density at radius 1 is 1.17 bits per heavy atom. The molecule has 0 atom stereocenters. The summed E-state index contributed by atoms with van der Waals surface area (Å²) in [7, 11) is 0. The maximum atomic E-state index is 3.54. The molecule has 1 saturated heterocycles. The number of hydrogen-bond acceptors (Lipinski definition) is 2. The zero-order valence-electron chi connectivity index (χ0n) is 12.0. The molecule has 2 rings (SSSR count). The Hall–Kier alpha value is -1.02. The van der Waals surface area contributed by atoms with Crippen LogP contribution in [0.15, 0.2) is 24.3 Å². The number of para-hydroxylation sites is 1. The summed E-state index contributed by atoms with van der Waals surface area (Å²) in [5.74, 6) is 0. The van der Waals surface area contributed by atoms with Gasteiger partial charge in [0.1, 0.15) is 0 Å². The first-order valence-electron chi connectivity index (χ1n) is 7.09. The molecule has 18 heavy (non-hydrogen) atoms. The van der Waals surface area contributed by atoms with Crippen molar-refractivity contribution in [2.45, 2.75) is 33.6 Å². The normalized spacial score (nSPS) is 19.7. The van der Waals surface area contributed by atoms with E-state index in [2.05, 4.69) is 55.3 Å². The van der Waals surface area contributed by atoms with Crippen LogP contribution < -0.4 is 5.32 Å². The number of benzene rings is 1. The van der Waals surface area contributed by atoms with Gasteiger partial charge in [-0.1, -0.05) is 32.0 Å². The molecule has 1 aliphatic rings. The fourth-order valence-corrected chi connectivity index (χ4v) is 2.50. The monoisotopic (exact) mass is 246 g/mol. The molecule has 1 N–H and O–H groups in total. The highest BCUT2D eigenvalue weighted by atomic mass is 15.1. The predicted molar refractivity (Wildman–Crippen MR) is 79.1 cm³/mol. The summed E-state index contributed by atoms with van der Waals surface area (Å²) in [6.45, 7) is 11.6. The molecule has 0 aromatic heterocycles. The van der Waals surface area contributed by atoms with Crippen LogP contribution in [0, 0.1) is 12.3 Å². The Labute approximate surface area is 111 Å². The average Bonchev–Trinajstić information content (AvgIpc) is 2.34. The summed E-state index contributed by atoms with van der Waals surface area (Å²) >= 11 is 0. The second-order valence-electron chi connectivity index (χ2n) is 6.25. The van der Waals surface area contributed by atoms with Gasteiger partial charge < -0.3 is 10.2 Å². The second kappa shape index (κ2) is 5.75. The Bertz CT molecular complexity index is 374. The molecule has 1 aromatic carbocycles. The highest BCUT2D eigenvalue weighted by Gasteiger charge is 2.24. The van der Waals surface area contributed by atoms with Gasteiger partial charge in [-0.25, -0.2) is 0 Å². The number of nitrogens with one attached hydrogen (secondary N) is 1. The van der Waals surface area contributed by atoms with Crippen molar-refractivity contribution in [1.29, 1.82) is 0 Å². The molecular formula is C16H26N2. The molecule has 100 valence electrons. The maximum Gasteiger partial charge on any atom is 0.0370 e. The number of aryl methyl sites for hydroxylation is 1. The van der Waals surface area contributed by atoms with Crippen molar-refractivity contribution in [2.75, 3.05) is 31.5 Å². The zero-order chi connectivity index (χ0) is 13.0. The number of rotatable bonds is 4. The Balaban J connectivity index is 1.72. The molecule has 0 bridgehead atoms. The van der Waals surface area contributed by atoms with Gasteiger partial charge in [-0.15, -0.1) is 0 Å². The number of anilines is 1. The molecule has 1 heterocycles. The number of likely N-dealkylation sites (tertiary alicyclic amines) is 1. The first kappa shape index (κ1) is 13.4. The summed E-state index contributed by atoms with van der Waals surface area (Å²) in [6.07, 6.45) is 2.66. The van der Waals surface area contributed by atoms with Gasteiger partial charge >= 0.3 is 0 Å². The lowest BCUT2D eigenvalue weighted by Crippen LogP contribution is -2.39. The van der Waals surface area contributed by atoms with E-state index in [1.54, 1.807) is 0 Å². The van der Waals surface area contributed by atoms with Gasteiger partial charge in [0.05, 0.1) is 0 Å². The van der Waals surface area contributed by atoms with Crippen molar-refractivity contribution in [2.24, 2.45) is 5.41 Å². The first-order chi connectivity index (χ1) is 8.57. The summed E-state index contributed by atoms with van der Waals surface area (Å²) in [4.78, 5) is 2.58. The third-order valence-corrected chi connectivity index (χ3v) is 4.10. The minimum atomic E-state index is 0.556. The smallest absolute Gasteiger partial charge is 0.0370 e. The molecule has 1 aliphatic heterocycles. The van der Waals surface area contributed by atoms with Crippen LogP contribution in [0.2, 0.25) is 0 Å². The summed E-state index contributed by atoms with van der Waals surface area (Å²) in [5, 5.41) is 3.54.